The van der Waals surface area contributed by atoms with Gasteiger partial charge in [-0.2, -0.15) is 5.10 Å². The van der Waals surface area contributed by atoms with E-state index in [0.717, 1.165) is 5.56 Å². The molecule has 1 aromatic carbocycles. The summed E-state index contributed by atoms with van der Waals surface area (Å²) in [4.78, 5) is 27.6. The Kier molecular flexibility index (Phi) is 4.84. The molecular weight excluding hydrogens is 326 g/mol. The normalized spacial score (nSPS) is 10.4. The van der Waals surface area contributed by atoms with Gasteiger partial charge in [0.2, 0.25) is 5.76 Å². The van der Waals surface area contributed by atoms with Gasteiger partial charge in [0.05, 0.1) is 7.11 Å². The Labute approximate surface area is 142 Å². The van der Waals surface area contributed by atoms with Gasteiger partial charge in [0.15, 0.2) is 11.5 Å². The van der Waals surface area contributed by atoms with E-state index in [1.54, 1.807) is 0 Å². The van der Waals surface area contributed by atoms with E-state index in [0.29, 0.717) is 24.6 Å². The second-order valence-corrected chi connectivity index (χ2v) is 5.05. The lowest BCUT2D eigenvalue weighted by molar-refractivity contribution is 0.0554. The summed E-state index contributed by atoms with van der Waals surface area (Å²) in [5, 5.41) is 13.2. The number of hydrogen-bond acceptors (Lipinski definition) is 7. The van der Waals surface area contributed by atoms with Crippen LogP contribution in [0.15, 0.2) is 40.9 Å². The molecule has 0 unspecified atom stereocenters. The molecule has 0 aliphatic heterocycles. The van der Waals surface area contributed by atoms with Crippen molar-refractivity contribution in [3.63, 3.8) is 0 Å². The number of ether oxygens (including phenoxy) is 1. The third kappa shape index (κ3) is 3.89. The lowest BCUT2D eigenvalue weighted by Crippen LogP contribution is -2.26. The highest BCUT2D eigenvalue weighted by Gasteiger charge is 2.17. The number of rotatable bonds is 6. The number of esters is 1. The van der Waals surface area contributed by atoms with Gasteiger partial charge in [0, 0.05) is 24.6 Å². The molecule has 2 heterocycles. The highest BCUT2D eigenvalue weighted by atomic mass is 16.5. The molecule has 1 amide bonds. The number of aromatic nitrogens is 4. The topological polar surface area (TPSA) is 123 Å². The van der Waals surface area contributed by atoms with Crippen molar-refractivity contribution < 1.29 is 18.8 Å². The fourth-order valence-corrected chi connectivity index (χ4v) is 2.09. The number of H-pyrrole nitrogens is 1. The quantitative estimate of drug-likeness (QED) is 0.646. The molecule has 0 spiro atoms. The van der Waals surface area contributed by atoms with Crippen molar-refractivity contribution in [3.8, 4) is 11.4 Å². The van der Waals surface area contributed by atoms with E-state index in [-0.39, 0.29) is 11.5 Å². The molecule has 0 saturated carbocycles. The van der Waals surface area contributed by atoms with Crippen LogP contribution in [0.1, 0.15) is 26.9 Å². The molecule has 0 aliphatic carbocycles. The molecule has 2 aromatic heterocycles. The van der Waals surface area contributed by atoms with Gasteiger partial charge in [-0.05, 0) is 0 Å². The van der Waals surface area contributed by atoms with E-state index in [4.69, 9.17) is 4.52 Å². The fourth-order valence-electron chi connectivity index (χ4n) is 2.09. The molecule has 128 valence electrons. The summed E-state index contributed by atoms with van der Waals surface area (Å²) in [7, 11) is 1.21. The van der Waals surface area contributed by atoms with Crippen molar-refractivity contribution in [2.24, 2.45) is 0 Å². The minimum absolute atomic E-state index is 0.00273. The van der Waals surface area contributed by atoms with Crippen LogP contribution in [0.5, 0.6) is 0 Å². The van der Waals surface area contributed by atoms with Crippen LogP contribution in [0.3, 0.4) is 0 Å². The van der Waals surface area contributed by atoms with E-state index in [2.05, 4.69) is 30.4 Å². The number of benzene rings is 1. The molecule has 0 fully saturated rings. The number of methoxy groups -OCH3 is 1. The summed E-state index contributed by atoms with van der Waals surface area (Å²) in [6.07, 6.45) is 0.466. The average Bonchev–Trinajstić information content (AvgIpc) is 3.31. The first-order chi connectivity index (χ1) is 12.2. The molecule has 9 heteroatoms. The Morgan fingerprint density at radius 1 is 1.28 bits per heavy atom. The van der Waals surface area contributed by atoms with Gasteiger partial charge in [-0.25, -0.2) is 9.78 Å². The molecule has 9 nitrogen and oxygen atoms in total. The van der Waals surface area contributed by atoms with Crippen molar-refractivity contribution in [1.82, 2.24) is 25.7 Å². The standard InChI is InChI=1S/C16H15N5O4/c1-24-16(23)12-9-11(21-25-12)15(22)17-8-7-13-18-14(20-19-13)10-5-3-2-4-6-10/h2-6,9H,7-8H2,1H3,(H,17,22)(H,18,19,20). The summed E-state index contributed by atoms with van der Waals surface area (Å²) in [6.45, 7) is 0.322. The van der Waals surface area contributed by atoms with Crippen LogP contribution in [0, 0.1) is 0 Å². The van der Waals surface area contributed by atoms with Gasteiger partial charge in [-0.3, -0.25) is 9.89 Å². The zero-order valence-electron chi connectivity index (χ0n) is 13.4. The zero-order chi connectivity index (χ0) is 17.6. The van der Waals surface area contributed by atoms with Crippen LogP contribution in [0.25, 0.3) is 11.4 Å². The van der Waals surface area contributed by atoms with E-state index in [1.165, 1.54) is 13.2 Å². The van der Waals surface area contributed by atoms with Gasteiger partial charge in [-0.1, -0.05) is 35.5 Å². The van der Waals surface area contributed by atoms with Crippen molar-refractivity contribution in [2.75, 3.05) is 13.7 Å². The zero-order valence-corrected chi connectivity index (χ0v) is 13.4. The number of hydrogen-bond donors (Lipinski definition) is 2. The predicted molar refractivity (Wildman–Crippen MR) is 85.7 cm³/mol. The SMILES string of the molecule is COC(=O)c1cc(C(=O)NCCc2nc(-c3ccccc3)n[nH]2)no1. The second kappa shape index (κ2) is 7.39. The first-order valence-electron chi connectivity index (χ1n) is 7.47. The third-order valence-corrected chi connectivity index (χ3v) is 3.34. The molecule has 25 heavy (non-hydrogen) atoms. The second-order valence-electron chi connectivity index (χ2n) is 5.05. The van der Waals surface area contributed by atoms with Crippen molar-refractivity contribution >= 4 is 11.9 Å². The molecular formula is C16H15N5O4. The number of carbonyl (C=O) groups excluding carboxylic acids is 2. The van der Waals surface area contributed by atoms with Crippen molar-refractivity contribution in [3.05, 3.63) is 53.7 Å². The molecule has 0 radical (unpaired) electrons. The number of nitrogens with one attached hydrogen (secondary N) is 2. The van der Waals surface area contributed by atoms with Crippen molar-refractivity contribution in [2.45, 2.75) is 6.42 Å². The van der Waals surface area contributed by atoms with Crippen LogP contribution in [0.4, 0.5) is 0 Å². The largest absolute Gasteiger partial charge is 0.463 e. The number of amides is 1. The summed E-state index contributed by atoms with van der Waals surface area (Å²) >= 11 is 0. The minimum Gasteiger partial charge on any atom is -0.463 e. The smallest absolute Gasteiger partial charge is 0.376 e. The molecule has 3 rings (SSSR count). The average molecular weight is 341 g/mol. The van der Waals surface area contributed by atoms with Crippen LogP contribution >= 0.6 is 0 Å². The summed E-state index contributed by atoms with van der Waals surface area (Å²) in [6, 6.07) is 10.8. The van der Waals surface area contributed by atoms with Crippen LogP contribution < -0.4 is 5.32 Å². The Morgan fingerprint density at radius 3 is 2.84 bits per heavy atom. The van der Waals surface area contributed by atoms with Gasteiger partial charge in [-0.15, -0.1) is 0 Å². The maximum absolute atomic E-state index is 12.0. The molecule has 2 N–H and O–H groups in total. The lowest BCUT2D eigenvalue weighted by atomic mass is 10.2. The van der Waals surface area contributed by atoms with Crippen LogP contribution in [-0.4, -0.2) is 45.9 Å². The van der Waals surface area contributed by atoms with Gasteiger partial charge in [0.1, 0.15) is 5.82 Å². The van der Waals surface area contributed by atoms with Crippen LogP contribution in [0.2, 0.25) is 0 Å². The molecule has 0 aliphatic rings. The van der Waals surface area contributed by atoms with E-state index >= 15 is 0 Å². The van der Waals surface area contributed by atoms with E-state index in [1.807, 2.05) is 30.3 Å². The number of nitrogens with zero attached hydrogens (tertiary/aromatic N) is 3. The molecule has 3 aromatic rings. The Morgan fingerprint density at radius 2 is 2.08 bits per heavy atom. The number of aromatic amines is 1. The summed E-state index contributed by atoms with van der Waals surface area (Å²) < 4.78 is 9.22. The van der Waals surface area contributed by atoms with Crippen LogP contribution in [-0.2, 0) is 11.2 Å². The minimum atomic E-state index is -0.693. The lowest BCUT2D eigenvalue weighted by Gasteiger charge is -2.00. The maximum atomic E-state index is 12.0. The fraction of sp³-hybridized carbons (Fsp3) is 0.188. The predicted octanol–water partition coefficient (Wildman–Crippen LogP) is 1.22. The van der Waals surface area contributed by atoms with E-state index < -0.39 is 11.9 Å². The van der Waals surface area contributed by atoms with Gasteiger partial charge in [0.25, 0.3) is 5.91 Å². The maximum Gasteiger partial charge on any atom is 0.376 e. The summed E-state index contributed by atoms with van der Waals surface area (Å²) in [5.41, 5.74) is 0.912. The van der Waals surface area contributed by atoms with Gasteiger partial charge < -0.3 is 14.6 Å². The number of carbonyl (C=O) groups is 2. The van der Waals surface area contributed by atoms with E-state index in [9.17, 15) is 9.59 Å². The Balaban J connectivity index is 1.53. The summed E-state index contributed by atoms with van der Waals surface area (Å²) in [5.74, 6) is -0.0329. The first kappa shape index (κ1) is 16.4. The highest BCUT2D eigenvalue weighted by molar-refractivity contribution is 5.95. The molecule has 0 saturated heterocycles. The highest BCUT2D eigenvalue weighted by Crippen LogP contribution is 2.13. The monoisotopic (exact) mass is 341 g/mol. The Bertz CT molecular complexity index is 872. The molecule has 0 bridgehead atoms. The van der Waals surface area contributed by atoms with Crippen molar-refractivity contribution in [1.29, 1.82) is 0 Å². The third-order valence-electron chi connectivity index (χ3n) is 3.34. The van der Waals surface area contributed by atoms with Gasteiger partial charge >= 0.3 is 5.97 Å². The first-order valence-corrected chi connectivity index (χ1v) is 7.47. The molecule has 0 atom stereocenters. The Hall–Kier alpha value is -3.49.